The van der Waals surface area contributed by atoms with Crippen LogP contribution in [0.3, 0.4) is 0 Å². The second-order valence-corrected chi connectivity index (χ2v) is 9.43. The third-order valence-corrected chi connectivity index (χ3v) is 7.32. The number of ether oxygens (including phenoxy) is 2. The molecule has 0 saturated carbocycles. The van der Waals surface area contributed by atoms with Crippen LogP contribution in [-0.4, -0.2) is 65.3 Å². The summed E-state index contributed by atoms with van der Waals surface area (Å²) in [5, 5.41) is 12.1. The Balaban J connectivity index is 1.66. The van der Waals surface area contributed by atoms with Crippen molar-refractivity contribution in [3.05, 3.63) is 29.3 Å². The number of nitrogens with zero attached hydrogens (tertiary/aromatic N) is 1. The average molecular weight is 459 g/mol. The van der Waals surface area contributed by atoms with Crippen molar-refractivity contribution >= 4 is 23.5 Å². The molecule has 1 spiro atoms. The van der Waals surface area contributed by atoms with E-state index < -0.39 is 35.6 Å². The molecule has 33 heavy (non-hydrogen) atoms. The van der Waals surface area contributed by atoms with E-state index >= 15 is 0 Å². The summed E-state index contributed by atoms with van der Waals surface area (Å²) in [6, 6.07) is 5.04. The summed E-state index contributed by atoms with van der Waals surface area (Å²) in [5.74, 6) is -2.29. The Hall–Kier alpha value is -2.45. The van der Waals surface area contributed by atoms with Gasteiger partial charge in [-0.15, -0.1) is 0 Å². The highest BCUT2D eigenvalue weighted by Gasteiger charge is 2.74. The van der Waals surface area contributed by atoms with E-state index in [4.69, 9.17) is 14.6 Å². The Kier molecular flexibility index (Phi) is 6.77. The summed E-state index contributed by atoms with van der Waals surface area (Å²) < 4.78 is 11.6. The molecule has 1 aromatic rings. The van der Waals surface area contributed by atoms with Gasteiger partial charge in [0.1, 0.15) is 11.6 Å². The van der Waals surface area contributed by atoms with Crippen LogP contribution in [0.1, 0.15) is 50.2 Å². The number of rotatable bonds is 9. The first-order valence-electron chi connectivity index (χ1n) is 12.0. The highest BCUT2D eigenvalue weighted by molar-refractivity contribution is 6.03. The number of likely N-dealkylation sites (tertiary alicyclic amines) is 1. The maximum Gasteiger partial charge on any atom is 0.312 e. The molecule has 0 radical (unpaired) electrons. The van der Waals surface area contributed by atoms with Crippen molar-refractivity contribution in [1.29, 1.82) is 0 Å². The lowest BCUT2D eigenvalue weighted by molar-refractivity contribution is -0.154. The van der Waals surface area contributed by atoms with Crippen LogP contribution >= 0.6 is 0 Å². The monoisotopic (exact) mass is 458 g/mol. The molecule has 3 fully saturated rings. The number of nitrogens with one attached hydrogen (secondary N) is 1. The molecular formula is C25H34N2O6. The van der Waals surface area contributed by atoms with Gasteiger partial charge < -0.3 is 24.8 Å². The first-order valence-corrected chi connectivity index (χ1v) is 12.0. The molecule has 0 aromatic heterocycles. The Labute approximate surface area is 194 Å². The van der Waals surface area contributed by atoms with E-state index in [0.29, 0.717) is 37.9 Å². The molecular weight excluding hydrogens is 424 g/mol. The molecule has 4 rings (SSSR count). The quantitative estimate of drug-likeness (QED) is 0.435. The van der Waals surface area contributed by atoms with Crippen LogP contribution in [0.5, 0.6) is 0 Å². The predicted octanol–water partition coefficient (Wildman–Crippen LogP) is 2.34. The molecule has 5 atom stereocenters. The van der Waals surface area contributed by atoms with E-state index in [0.717, 1.165) is 17.5 Å². The van der Waals surface area contributed by atoms with Crippen LogP contribution in [-0.2, 0) is 23.9 Å². The number of unbranched alkanes of at least 4 members (excludes halogenated alkanes) is 2. The number of carbonyl (C=O) groups excluding carboxylic acids is 3. The average Bonchev–Trinajstić information content (AvgIpc) is 3.41. The van der Waals surface area contributed by atoms with Crippen LogP contribution in [0.15, 0.2) is 18.2 Å². The largest absolute Gasteiger partial charge is 0.466 e. The van der Waals surface area contributed by atoms with Crippen molar-refractivity contribution in [3.63, 3.8) is 0 Å². The maximum atomic E-state index is 13.7. The van der Waals surface area contributed by atoms with Gasteiger partial charge in [0.2, 0.25) is 11.8 Å². The molecule has 3 aliphatic heterocycles. The third kappa shape index (κ3) is 4.04. The van der Waals surface area contributed by atoms with E-state index in [1.54, 1.807) is 11.8 Å². The van der Waals surface area contributed by atoms with Gasteiger partial charge in [-0.25, -0.2) is 0 Å². The maximum absolute atomic E-state index is 13.7. The SMILES string of the molecule is CCOC(=O)[C@@H]1[C@@H]2CCC3(O2)C(C(=O)Nc2cc(C)ccc2C)N(CCCCCO)C(=O)[C@H]13. The Morgan fingerprint density at radius 1 is 1.27 bits per heavy atom. The summed E-state index contributed by atoms with van der Waals surface area (Å²) in [4.78, 5) is 41.7. The normalized spacial score (nSPS) is 29.9. The molecule has 3 heterocycles. The summed E-state index contributed by atoms with van der Waals surface area (Å²) in [6.45, 7) is 6.33. The Bertz CT molecular complexity index is 933. The molecule has 3 aliphatic rings. The lowest BCUT2D eigenvalue weighted by Gasteiger charge is -2.33. The minimum atomic E-state index is -1.02. The van der Waals surface area contributed by atoms with Gasteiger partial charge in [0.25, 0.3) is 0 Å². The van der Waals surface area contributed by atoms with Gasteiger partial charge >= 0.3 is 5.97 Å². The fourth-order valence-electron chi connectivity index (χ4n) is 5.84. The van der Waals surface area contributed by atoms with Crippen molar-refractivity contribution < 1.29 is 29.0 Å². The highest BCUT2D eigenvalue weighted by atomic mass is 16.6. The number of carbonyl (C=O) groups is 3. The van der Waals surface area contributed by atoms with Crippen molar-refractivity contribution in [2.24, 2.45) is 11.8 Å². The second kappa shape index (κ2) is 9.43. The van der Waals surface area contributed by atoms with E-state index in [2.05, 4.69) is 5.32 Å². The van der Waals surface area contributed by atoms with Gasteiger partial charge in [0.05, 0.1) is 24.5 Å². The summed E-state index contributed by atoms with van der Waals surface area (Å²) in [5.41, 5.74) is 1.65. The number of hydrogen-bond acceptors (Lipinski definition) is 6. The standard InChI is InChI=1S/C25H34N2O6/c1-4-32-24(31)19-18-10-11-25(33-18)20(19)23(30)27(12-6-5-7-13-28)21(25)22(29)26-17-14-15(2)8-9-16(17)3/h8-9,14,18-21,28H,4-7,10-13H2,1-3H3,(H,26,29)/t18-,19+,20-,21?,25?/m0/s1. The zero-order chi connectivity index (χ0) is 23.8. The lowest BCUT2D eigenvalue weighted by Crippen LogP contribution is -2.53. The fraction of sp³-hybridized carbons (Fsp3) is 0.640. The van der Waals surface area contributed by atoms with Gasteiger partial charge in [0.15, 0.2) is 0 Å². The molecule has 0 aliphatic carbocycles. The summed E-state index contributed by atoms with van der Waals surface area (Å²) >= 11 is 0. The van der Waals surface area contributed by atoms with Crippen molar-refractivity contribution in [2.75, 3.05) is 25.1 Å². The number of aliphatic hydroxyl groups is 1. The molecule has 8 heteroatoms. The van der Waals surface area contributed by atoms with Gasteiger partial charge in [-0.2, -0.15) is 0 Å². The number of aryl methyl sites for hydroxylation is 2. The van der Waals surface area contributed by atoms with Crippen molar-refractivity contribution in [2.45, 2.75) is 70.6 Å². The van der Waals surface area contributed by atoms with Crippen LogP contribution in [0, 0.1) is 25.7 Å². The summed E-state index contributed by atoms with van der Waals surface area (Å²) in [6.07, 6.45) is 2.83. The Morgan fingerprint density at radius 2 is 2.06 bits per heavy atom. The molecule has 2 unspecified atom stereocenters. The van der Waals surface area contributed by atoms with Gasteiger partial charge in [-0.3, -0.25) is 14.4 Å². The number of aliphatic hydroxyl groups excluding tert-OH is 1. The van der Waals surface area contributed by atoms with Gasteiger partial charge in [-0.05, 0) is 70.1 Å². The molecule has 2 N–H and O–H groups in total. The van der Waals surface area contributed by atoms with E-state index in [1.807, 2.05) is 32.0 Å². The van der Waals surface area contributed by atoms with Crippen molar-refractivity contribution in [3.8, 4) is 0 Å². The highest BCUT2D eigenvalue weighted by Crippen LogP contribution is 2.58. The van der Waals surface area contributed by atoms with Crippen LogP contribution in [0.25, 0.3) is 0 Å². The fourth-order valence-corrected chi connectivity index (χ4v) is 5.84. The minimum absolute atomic E-state index is 0.0901. The van der Waals surface area contributed by atoms with Crippen LogP contribution in [0.2, 0.25) is 0 Å². The number of benzene rings is 1. The molecule has 1 aromatic carbocycles. The molecule has 2 amide bonds. The van der Waals surface area contributed by atoms with Crippen LogP contribution < -0.4 is 5.32 Å². The smallest absolute Gasteiger partial charge is 0.312 e. The summed E-state index contributed by atoms with van der Waals surface area (Å²) in [7, 11) is 0. The topological polar surface area (TPSA) is 105 Å². The number of esters is 1. The third-order valence-electron chi connectivity index (χ3n) is 7.32. The second-order valence-electron chi connectivity index (χ2n) is 9.43. The number of anilines is 1. The van der Waals surface area contributed by atoms with Gasteiger partial charge in [-0.1, -0.05) is 12.1 Å². The first-order chi connectivity index (χ1) is 15.8. The van der Waals surface area contributed by atoms with E-state index in [1.165, 1.54) is 0 Å². The zero-order valence-corrected chi connectivity index (χ0v) is 19.6. The van der Waals surface area contributed by atoms with E-state index in [-0.39, 0.29) is 25.0 Å². The molecule has 180 valence electrons. The predicted molar refractivity (Wildman–Crippen MR) is 121 cm³/mol. The molecule has 8 nitrogen and oxygen atoms in total. The van der Waals surface area contributed by atoms with Crippen LogP contribution in [0.4, 0.5) is 5.69 Å². The Morgan fingerprint density at radius 3 is 2.79 bits per heavy atom. The number of hydrogen-bond donors (Lipinski definition) is 2. The minimum Gasteiger partial charge on any atom is -0.466 e. The van der Waals surface area contributed by atoms with Gasteiger partial charge in [0, 0.05) is 18.8 Å². The number of amides is 2. The van der Waals surface area contributed by atoms with E-state index in [9.17, 15) is 14.4 Å². The van der Waals surface area contributed by atoms with Crippen molar-refractivity contribution in [1.82, 2.24) is 4.90 Å². The number of fused-ring (bicyclic) bond motifs is 1. The lowest BCUT2D eigenvalue weighted by atomic mass is 9.70. The molecule has 3 saturated heterocycles. The molecule has 2 bridgehead atoms. The first kappa shape index (κ1) is 23.7. The zero-order valence-electron chi connectivity index (χ0n) is 19.6.